The third kappa shape index (κ3) is 4.54. The van der Waals surface area contributed by atoms with Gasteiger partial charge in [0, 0.05) is 7.05 Å². The Morgan fingerprint density at radius 1 is 1.00 bits per heavy atom. The summed E-state index contributed by atoms with van der Waals surface area (Å²) in [7, 11) is 3.31. The van der Waals surface area contributed by atoms with Crippen LogP contribution in [0.3, 0.4) is 0 Å². The van der Waals surface area contributed by atoms with Gasteiger partial charge in [0.1, 0.15) is 5.82 Å². The molecule has 0 spiro atoms. The molecule has 6 heteroatoms. The van der Waals surface area contributed by atoms with E-state index in [4.69, 9.17) is 9.47 Å². The van der Waals surface area contributed by atoms with Gasteiger partial charge in [-0.1, -0.05) is 30.3 Å². The van der Waals surface area contributed by atoms with Crippen molar-refractivity contribution in [1.82, 2.24) is 0 Å². The van der Waals surface area contributed by atoms with Crippen LogP contribution in [0.5, 0.6) is 11.5 Å². The number of hydrogen-bond acceptors (Lipinski definition) is 5. The van der Waals surface area contributed by atoms with E-state index in [2.05, 4.69) is 5.10 Å². The zero-order valence-corrected chi connectivity index (χ0v) is 15.5. The molecule has 0 unspecified atom stereocenters. The maximum Gasteiger partial charge on any atom is 0.346 e. The fraction of sp³-hybridized carbons (Fsp3) is 0.0909. The second-order valence-electron chi connectivity index (χ2n) is 5.88. The van der Waals surface area contributed by atoms with Crippen molar-refractivity contribution in [2.75, 3.05) is 19.2 Å². The maximum atomic E-state index is 13.8. The van der Waals surface area contributed by atoms with E-state index in [1.807, 2.05) is 37.4 Å². The molecule has 0 N–H and O–H groups in total. The monoisotopic (exact) mass is 378 g/mol. The fourth-order valence-electron chi connectivity index (χ4n) is 2.49. The Balaban J connectivity index is 1.76. The number of ether oxygens (including phenoxy) is 2. The van der Waals surface area contributed by atoms with Crippen molar-refractivity contribution in [3.8, 4) is 11.5 Å². The first-order valence-electron chi connectivity index (χ1n) is 8.56. The second-order valence-corrected chi connectivity index (χ2v) is 5.88. The first-order chi connectivity index (χ1) is 13.6. The standard InChI is InChI=1S/C22H19FN2O3/c1-25(17-8-4-3-5-9-17)24-15-16-12-13-20(21(14-16)27-2)28-22(26)18-10-6-7-11-19(18)23/h3-15H,1-2H3/b24-15+. The molecular formula is C22H19FN2O3. The van der Waals surface area contributed by atoms with Gasteiger partial charge in [-0.2, -0.15) is 5.10 Å². The molecule has 0 amide bonds. The van der Waals surface area contributed by atoms with Crippen molar-refractivity contribution in [3.63, 3.8) is 0 Å². The van der Waals surface area contributed by atoms with Crippen molar-refractivity contribution in [2.24, 2.45) is 5.10 Å². The number of nitrogens with zero attached hydrogens (tertiary/aromatic N) is 2. The summed E-state index contributed by atoms with van der Waals surface area (Å²) in [5, 5.41) is 6.12. The molecule has 0 fully saturated rings. The van der Waals surface area contributed by atoms with Crippen LogP contribution in [-0.4, -0.2) is 26.3 Å². The minimum atomic E-state index is -0.790. The van der Waals surface area contributed by atoms with Crippen LogP contribution < -0.4 is 14.5 Å². The van der Waals surface area contributed by atoms with Gasteiger partial charge in [0.25, 0.3) is 0 Å². The summed E-state index contributed by atoms with van der Waals surface area (Å²) < 4.78 is 24.3. The van der Waals surface area contributed by atoms with E-state index in [1.165, 1.54) is 25.3 Å². The molecule has 0 saturated heterocycles. The highest BCUT2D eigenvalue weighted by Crippen LogP contribution is 2.28. The first-order valence-corrected chi connectivity index (χ1v) is 8.56. The summed E-state index contributed by atoms with van der Waals surface area (Å²) in [6.07, 6.45) is 1.66. The van der Waals surface area contributed by atoms with Crippen LogP contribution in [0.2, 0.25) is 0 Å². The molecule has 0 aliphatic carbocycles. The minimum absolute atomic E-state index is 0.139. The number of rotatable bonds is 6. The molecule has 28 heavy (non-hydrogen) atoms. The summed E-state index contributed by atoms with van der Waals surface area (Å²) in [5.41, 5.74) is 1.56. The van der Waals surface area contributed by atoms with E-state index >= 15 is 0 Å². The zero-order valence-electron chi connectivity index (χ0n) is 15.5. The lowest BCUT2D eigenvalue weighted by Gasteiger charge is -2.13. The van der Waals surface area contributed by atoms with E-state index in [0.29, 0.717) is 5.75 Å². The summed E-state index contributed by atoms with van der Waals surface area (Å²) in [6, 6.07) is 20.3. The summed E-state index contributed by atoms with van der Waals surface area (Å²) >= 11 is 0. The van der Waals surface area contributed by atoms with Crippen LogP contribution in [0.1, 0.15) is 15.9 Å². The molecule has 0 saturated carbocycles. The lowest BCUT2D eigenvalue weighted by Crippen LogP contribution is -2.11. The van der Waals surface area contributed by atoms with Gasteiger partial charge in [0.15, 0.2) is 11.5 Å². The van der Waals surface area contributed by atoms with E-state index in [-0.39, 0.29) is 11.3 Å². The van der Waals surface area contributed by atoms with Crippen LogP contribution >= 0.6 is 0 Å². The topological polar surface area (TPSA) is 51.1 Å². The highest BCUT2D eigenvalue weighted by molar-refractivity contribution is 5.92. The normalized spacial score (nSPS) is 10.7. The average molecular weight is 378 g/mol. The number of esters is 1. The number of carbonyl (C=O) groups excluding carboxylic acids is 1. The quantitative estimate of drug-likeness (QED) is 0.274. The number of hydrazone groups is 1. The van der Waals surface area contributed by atoms with Crippen LogP contribution in [-0.2, 0) is 0 Å². The van der Waals surface area contributed by atoms with Crippen molar-refractivity contribution >= 4 is 17.9 Å². The maximum absolute atomic E-state index is 13.8. The number of hydrogen-bond donors (Lipinski definition) is 0. The van der Waals surface area contributed by atoms with Crippen molar-refractivity contribution in [2.45, 2.75) is 0 Å². The van der Waals surface area contributed by atoms with Crippen LogP contribution in [0.25, 0.3) is 0 Å². The fourth-order valence-corrected chi connectivity index (χ4v) is 2.49. The van der Waals surface area contributed by atoms with Crippen LogP contribution in [0.4, 0.5) is 10.1 Å². The number of methoxy groups -OCH3 is 1. The smallest absolute Gasteiger partial charge is 0.346 e. The van der Waals surface area contributed by atoms with Crippen LogP contribution in [0, 0.1) is 5.82 Å². The Kier molecular flexibility index (Phi) is 6.01. The Bertz CT molecular complexity index is 990. The molecule has 142 valence electrons. The largest absolute Gasteiger partial charge is 0.493 e. The van der Waals surface area contributed by atoms with E-state index in [0.717, 1.165) is 11.3 Å². The van der Waals surface area contributed by atoms with Crippen molar-refractivity contribution < 1.29 is 18.7 Å². The molecule has 0 aromatic heterocycles. The number of benzene rings is 3. The SMILES string of the molecule is COc1cc(/C=N/N(C)c2ccccc2)ccc1OC(=O)c1ccccc1F. The lowest BCUT2D eigenvalue weighted by atomic mass is 10.2. The summed E-state index contributed by atoms with van der Waals surface area (Å²) in [5.74, 6) is -0.888. The van der Waals surface area contributed by atoms with Gasteiger partial charge < -0.3 is 9.47 Å². The molecular weight excluding hydrogens is 359 g/mol. The number of carbonyl (C=O) groups is 1. The van der Waals surface area contributed by atoms with Gasteiger partial charge in [0.2, 0.25) is 0 Å². The van der Waals surface area contributed by atoms with Crippen molar-refractivity contribution in [3.05, 3.63) is 89.7 Å². The second kappa shape index (κ2) is 8.81. The van der Waals surface area contributed by atoms with Crippen molar-refractivity contribution in [1.29, 1.82) is 0 Å². The van der Waals surface area contributed by atoms with Gasteiger partial charge in [-0.25, -0.2) is 9.18 Å². The van der Waals surface area contributed by atoms with E-state index in [9.17, 15) is 9.18 Å². The molecule has 3 rings (SSSR count). The molecule has 0 aliphatic rings. The Morgan fingerprint density at radius 3 is 2.43 bits per heavy atom. The number of halogens is 1. The molecule has 0 heterocycles. The van der Waals surface area contributed by atoms with Crippen LogP contribution in [0.15, 0.2) is 77.9 Å². The highest BCUT2D eigenvalue weighted by atomic mass is 19.1. The lowest BCUT2D eigenvalue weighted by molar-refractivity contribution is 0.0725. The third-order valence-corrected chi connectivity index (χ3v) is 3.99. The van der Waals surface area contributed by atoms with Gasteiger partial charge in [-0.05, 0) is 48.0 Å². The van der Waals surface area contributed by atoms with Gasteiger partial charge in [-0.3, -0.25) is 5.01 Å². The Morgan fingerprint density at radius 2 is 1.71 bits per heavy atom. The third-order valence-electron chi connectivity index (χ3n) is 3.99. The summed E-state index contributed by atoms with van der Waals surface area (Å²) in [4.78, 5) is 12.2. The molecule has 0 aliphatic heterocycles. The van der Waals surface area contributed by atoms with E-state index < -0.39 is 11.8 Å². The Labute approximate surface area is 162 Å². The minimum Gasteiger partial charge on any atom is -0.493 e. The predicted molar refractivity (Wildman–Crippen MR) is 107 cm³/mol. The molecule has 0 bridgehead atoms. The average Bonchev–Trinajstić information content (AvgIpc) is 2.73. The molecule has 0 radical (unpaired) electrons. The zero-order chi connectivity index (χ0) is 19.9. The molecule has 3 aromatic carbocycles. The Hall–Kier alpha value is -3.67. The molecule has 5 nitrogen and oxygen atoms in total. The number of anilines is 1. The summed E-state index contributed by atoms with van der Waals surface area (Å²) in [6.45, 7) is 0. The predicted octanol–water partition coefficient (Wildman–Crippen LogP) is 4.52. The van der Waals surface area contributed by atoms with Gasteiger partial charge in [-0.15, -0.1) is 0 Å². The highest BCUT2D eigenvalue weighted by Gasteiger charge is 2.16. The van der Waals surface area contributed by atoms with E-state index in [1.54, 1.807) is 35.5 Å². The van der Waals surface area contributed by atoms with Gasteiger partial charge in [0.05, 0.1) is 24.6 Å². The van der Waals surface area contributed by atoms with Gasteiger partial charge >= 0.3 is 5.97 Å². The molecule has 3 aromatic rings. The first kappa shape index (κ1) is 19.1. The number of para-hydroxylation sites is 1. The molecule has 0 atom stereocenters.